The first-order valence-corrected chi connectivity index (χ1v) is 8.33. The van der Waals surface area contributed by atoms with Gasteiger partial charge in [0.1, 0.15) is 0 Å². The molecule has 94 valence electrons. The van der Waals surface area contributed by atoms with Gasteiger partial charge in [-0.3, -0.25) is 0 Å². The molecule has 0 aromatic rings. The van der Waals surface area contributed by atoms with Gasteiger partial charge in [0.05, 0.1) is 0 Å². The summed E-state index contributed by atoms with van der Waals surface area (Å²) in [5, 5.41) is 3.77. The summed E-state index contributed by atoms with van der Waals surface area (Å²) in [5.41, 5.74) is 0. The van der Waals surface area contributed by atoms with Crippen LogP contribution >= 0.6 is 11.8 Å². The molecule has 1 nitrogen and oxygen atoms in total. The molecule has 2 saturated carbocycles. The molecule has 0 spiro atoms. The highest BCUT2D eigenvalue weighted by molar-refractivity contribution is 8.00. The highest BCUT2D eigenvalue weighted by Gasteiger charge is 2.32. The average Bonchev–Trinajstić information content (AvgIpc) is 2.80. The van der Waals surface area contributed by atoms with Gasteiger partial charge < -0.3 is 5.32 Å². The van der Waals surface area contributed by atoms with Gasteiger partial charge in [0.15, 0.2) is 0 Å². The Morgan fingerprint density at radius 3 is 2.38 bits per heavy atom. The molecule has 0 aromatic carbocycles. The Morgan fingerprint density at radius 2 is 1.75 bits per heavy atom. The molecular formula is C14H27NS. The van der Waals surface area contributed by atoms with Gasteiger partial charge >= 0.3 is 0 Å². The molecule has 0 aromatic heterocycles. The number of thioether (sulfide) groups is 1. The lowest BCUT2D eigenvalue weighted by Gasteiger charge is -2.29. The van der Waals surface area contributed by atoms with Gasteiger partial charge in [-0.2, -0.15) is 11.8 Å². The van der Waals surface area contributed by atoms with Crippen LogP contribution in [0.25, 0.3) is 0 Å². The summed E-state index contributed by atoms with van der Waals surface area (Å²) in [4.78, 5) is 0. The third kappa shape index (κ3) is 3.40. The number of rotatable bonds is 5. The number of hydrogen-bond acceptors (Lipinski definition) is 2. The van der Waals surface area contributed by atoms with E-state index in [1.807, 2.05) is 0 Å². The highest BCUT2D eigenvalue weighted by atomic mass is 32.2. The lowest BCUT2D eigenvalue weighted by atomic mass is 9.89. The first-order valence-electron chi connectivity index (χ1n) is 7.10. The topological polar surface area (TPSA) is 12.0 Å². The quantitative estimate of drug-likeness (QED) is 0.785. The number of hydrogen-bond donors (Lipinski definition) is 1. The van der Waals surface area contributed by atoms with E-state index >= 15 is 0 Å². The Bertz CT molecular complexity index is 193. The summed E-state index contributed by atoms with van der Waals surface area (Å²) < 4.78 is 0.592. The van der Waals surface area contributed by atoms with Crippen LogP contribution in [0, 0.1) is 5.92 Å². The van der Waals surface area contributed by atoms with E-state index < -0.39 is 0 Å². The average molecular weight is 241 g/mol. The van der Waals surface area contributed by atoms with Crippen LogP contribution in [0.2, 0.25) is 0 Å². The Hall–Kier alpha value is 0.310. The van der Waals surface area contributed by atoms with Crippen LogP contribution in [-0.4, -0.2) is 24.1 Å². The standard InChI is InChI=1S/C14H27NS/c1-16-14(9-5-6-10-14)12-15-11-13-7-3-2-4-8-13/h13,15H,2-12H2,1H3. The largest absolute Gasteiger partial charge is 0.315 e. The molecule has 1 N–H and O–H groups in total. The zero-order chi connectivity index (χ0) is 11.3. The normalized spacial score (nSPS) is 26.1. The zero-order valence-corrected chi connectivity index (χ0v) is 11.6. The van der Waals surface area contributed by atoms with Gasteiger partial charge in [-0.05, 0) is 44.4 Å². The fraction of sp³-hybridized carbons (Fsp3) is 1.00. The molecule has 2 heteroatoms. The molecule has 2 aliphatic rings. The van der Waals surface area contributed by atoms with Gasteiger partial charge in [0.25, 0.3) is 0 Å². The van der Waals surface area contributed by atoms with Gasteiger partial charge in [0, 0.05) is 11.3 Å². The van der Waals surface area contributed by atoms with Crippen molar-refractivity contribution < 1.29 is 0 Å². The molecular weight excluding hydrogens is 214 g/mol. The molecule has 0 atom stereocenters. The van der Waals surface area contributed by atoms with E-state index in [-0.39, 0.29) is 0 Å². The molecule has 0 saturated heterocycles. The van der Waals surface area contributed by atoms with Crippen molar-refractivity contribution in [1.82, 2.24) is 5.32 Å². The van der Waals surface area contributed by atoms with Crippen LogP contribution < -0.4 is 5.32 Å². The van der Waals surface area contributed by atoms with E-state index in [0.29, 0.717) is 4.75 Å². The van der Waals surface area contributed by atoms with Crippen LogP contribution in [0.4, 0.5) is 0 Å². The second kappa shape index (κ2) is 6.30. The van der Waals surface area contributed by atoms with Gasteiger partial charge in [-0.15, -0.1) is 0 Å². The van der Waals surface area contributed by atoms with Gasteiger partial charge in [-0.1, -0.05) is 32.1 Å². The van der Waals surface area contributed by atoms with Crippen molar-refractivity contribution in [3.05, 3.63) is 0 Å². The fourth-order valence-electron chi connectivity index (χ4n) is 3.37. The summed E-state index contributed by atoms with van der Waals surface area (Å²) in [6, 6.07) is 0. The summed E-state index contributed by atoms with van der Waals surface area (Å²) >= 11 is 2.10. The fourth-order valence-corrected chi connectivity index (χ4v) is 4.31. The van der Waals surface area contributed by atoms with Crippen LogP contribution in [0.5, 0.6) is 0 Å². The van der Waals surface area contributed by atoms with Crippen molar-refractivity contribution in [2.75, 3.05) is 19.3 Å². The minimum Gasteiger partial charge on any atom is -0.315 e. The first-order chi connectivity index (χ1) is 7.85. The molecule has 0 unspecified atom stereocenters. The van der Waals surface area contributed by atoms with Crippen molar-refractivity contribution >= 4 is 11.8 Å². The van der Waals surface area contributed by atoms with Gasteiger partial charge in [0.2, 0.25) is 0 Å². The van der Waals surface area contributed by atoms with Crippen LogP contribution in [0.3, 0.4) is 0 Å². The summed E-state index contributed by atoms with van der Waals surface area (Å²) in [6.07, 6.45) is 15.4. The molecule has 2 aliphatic carbocycles. The third-order valence-corrected chi connectivity index (χ3v) is 5.97. The molecule has 0 bridgehead atoms. The SMILES string of the molecule is CSC1(CNCC2CCCCC2)CCCC1. The monoisotopic (exact) mass is 241 g/mol. The van der Waals surface area contributed by atoms with Gasteiger partial charge in [-0.25, -0.2) is 0 Å². The molecule has 0 heterocycles. The summed E-state index contributed by atoms with van der Waals surface area (Å²) in [6.45, 7) is 2.53. The smallest absolute Gasteiger partial charge is 0.0281 e. The minimum absolute atomic E-state index is 0.592. The maximum atomic E-state index is 3.77. The van der Waals surface area contributed by atoms with E-state index in [9.17, 15) is 0 Å². The highest BCUT2D eigenvalue weighted by Crippen LogP contribution is 2.39. The van der Waals surface area contributed by atoms with E-state index in [0.717, 1.165) is 5.92 Å². The summed E-state index contributed by atoms with van der Waals surface area (Å²) in [5.74, 6) is 0.981. The molecule has 0 aliphatic heterocycles. The Balaban J connectivity index is 1.66. The first kappa shape index (κ1) is 12.8. The van der Waals surface area contributed by atoms with Crippen molar-refractivity contribution in [2.24, 2.45) is 5.92 Å². The Labute approximate surface area is 105 Å². The van der Waals surface area contributed by atoms with Crippen molar-refractivity contribution in [2.45, 2.75) is 62.5 Å². The molecule has 0 amide bonds. The zero-order valence-electron chi connectivity index (χ0n) is 10.8. The van der Waals surface area contributed by atoms with Crippen molar-refractivity contribution in [3.63, 3.8) is 0 Å². The number of nitrogens with one attached hydrogen (secondary N) is 1. The second-order valence-electron chi connectivity index (χ2n) is 5.73. The van der Waals surface area contributed by atoms with Crippen LogP contribution in [0.15, 0.2) is 0 Å². The second-order valence-corrected chi connectivity index (χ2v) is 7.00. The molecule has 16 heavy (non-hydrogen) atoms. The third-order valence-electron chi connectivity index (χ3n) is 4.55. The molecule has 0 radical (unpaired) electrons. The van der Waals surface area contributed by atoms with E-state index in [1.165, 1.54) is 70.9 Å². The minimum atomic E-state index is 0.592. The molecule has 2 rings (SSSR count). The van der Waals surface area contributed by atoms with Crippen molar-refractivity contribution in [1.29, 1.82) is 0 Å². The predicted molar refractivity (Wildman–Crippen MR) is 74.2 cm³/mol. The van der Waals surface area contributed by atoms with E-state index in [4.69, 9.17) is 0 Å². The Kier molecular flexibility index (Phi) is 5.02. The molecule has 2 fully saturated rings. The predicted octanol–water partition coefficient (Wildman–Crippen LogP) is 3.83. The van der Waals surface area contributed by atoms with Crippen LogP contribution in [-0.2, 0) is 0 Å². The van der Waals surface area contributed by atoms with Crippen molar-refractivity contribution in [3.8, 4) is 0 Å². The van der Waals surface area contributed by atoms with Crippen LogP contribution in [0.1, 0.15) is 57.8 Å². The maximum absolute atomic E-state index is 3.77. The Morgan fingerprint density at radius 1 is 1.06 bits per heavy atom. The van der Waals surface area contributed by atoms with E-state index in [1.54, 1.807) is 0 Å². The lowest BCUT2D eigenvalue weighted by Crippen LogP contribution is -2.37. The lowest BCUT2D eigenvalue weighted by molar-refractivity contribution is 0.337. The summed E-state index contributed by atoms with van der Waals surface area (Å²) in [7, 11) is 0. The van der Waals surface area contributed by atoms with E-state index in [2.05, 4.69) is 23.3 Å². The maximum Gasteiger partial charge on any atom is 0.0281 e.